The van der Waals surface area contributed by atoms with E-state index in [1.807, 2.05) is 17.7 Å². The number of benzene rings is 1. The Morgan fingerprint density at radius 1 is 1.43 bits per heavy atom. The molecule has 1 N–H and O–H groups in total. The molecule has 0 aliphatic carbocycles. The van der Waals surface area contributed by atoms with E-state index in [0.717, 1.165) is 23.7 Å². The van der Waals surface area contributed by atoms with E-state index in [-0.39, 0.29) is 11.9 Å². The molecule has 4 rings (SSSR count). The van der Waals surface area contributed by atoms with Crippen molar-refractivity contribution in [3.8, 4) is 0 Å². The van der Waals surface area contributed by atoms with Crippen LogP contribution in [0.2, 0.25) is 0 Å². The highest BCUT2D eigenvalue weighted by Crippen LogP contribution is 2.22. The Balaban J connectivity index is 1.51. The van der Waals surface area contributed by atoms with Crippen molar-refractivity contribution in [1.29, 1.82) is 0 Å². The van der Waals surface area contributed by atoms with Gasteiger partial charge in [-0.1, -0.05) is 6.07 Å². The van der Waals surface area contributed by atoms with Crippen molar-refractivity contribution < 1.29 is 9.13 Å². The number of para-hydroxylation sites is 1. The van der Waals surface area contributed by atoms with Crippen LogP contribution >= 0.6 is 0 Å². The van der Waals surface area contributed by atoms with E-state index in [1.165, 1.54) is 6.07 Å². The van der Waals surface area contributed by atoms with Crippen molar-refractivity contribution in [3.63, 3.8) is 0 Å². The molecule has 23 heavy (non-hydrogen) atoms. The topological polar surface area (TPSA) is 71.9 Å². The van der Waals surface area contributed by atoms with E-state index >= 15 is 0 Å². The van der Waals surface area contributed by atoms with Gasteiger partial charge in [0.1, 0.15) is 23.8 Å². The number of H-pyrrole nitrogens is 1. The first-order valence-electron chi connectivity index (χ1n) is 7.51. The molecule has 2 aromatic heterocycles. The number of imidazole rings is 1. The molecule has 3 heterocycles. The Bertz CT molecular complexity index is 828. The van der Waals surface area contributed by atoms with Gasteiger partial charge in [-0.2, -0.15) is 0 Å². The maximum atomic E-state index is 13.7. The summed E-state index contributed by atoms with van der Waals surface area (Å²) in [5.74, 6) is 1.26. The van der Waals surface area contributed by atoms with Gasteiger partial charge in [0.05, 0.1) is 18.7 Å². The standard InChI is InChI=1S/C15H17FN6O/c1-21-9-17-20-15(21)12-7-22(5-6-23-12)8-13-18-11-4-2-3-10(16)14(11)19-13/h2-4,9,12H,5-8H2,1H3,(H,18,19)/t12-/m0/s1. The maximum Gasteiger partial charge on any atom is 0.163 e. The molecule has 1 fully saturated rings. The molecular weight excluding hydrogens is 299 g/mol. The molecule has 0 bridgehead atoms. The number of aromatic nitrogens is 5. The van der Waals surface area contributed by atoms with Crippen molar-refractivity contribution in [2.24, 2.45) is 7.05 Å². The van der Waals surface area contributed by atoms with Crippen LogP contribution in [0.4, 0.5) is 4.39 Å². The lowest BCUT2D eigenvalue weighted by Gasteiger charge is -2.31. The first-order valence-corrected chi connectivity index (χ1v) is 7.51. The van der Waals surface area contributed by atoms with Gasteiger partial charge in [0, 0.05) is 20.1 Å². The molecule has 0 spiro atoms. The van der Waals surface area contributed by atoms with Crippen molar-refractivity contribution >= 4 is 11.0 Å². The molecular formula is C15H17FN6O. The third-order valence-electron chi connectivity index (χ3n) is 4.07. The summed E-state index contributed by atoms with van der Waals surface area (Å²) in [4.78, 5) is 9.76. The Morgan fingerprint density at radius 2 is 2.35 bits per heavy atom. The van der Waals surface area contributed by atoms with E-state index < -0.39 is 0 Å². The summed E-state index contributed by atoms with van der Waals surface area (Å²) in [6.45, 7) is 2.73. The fourth-order valence-corrected chi connectivity index (χ4v) is 2.92. The second-order valence-electron chi connectivity index (χ2n) is 5.71. The molecule has 1 atom stereocenters. The zero-order chi connectivity index (χ0) is 15.8. The lowest BCUT2D eigenvalue weighted by molar-refractivity contribution is -0.0391. The van der Waals surface area contributed by atoms with Crippen LogP contribution in [0, 0.1) is 5.82 Å². The molecule has 0 unspecified atom stereocenters. The number of nitrogens with one attached hydrogen (secondary N) is 1. The predicted octanol–water partition coefficient (Wildman–Crippen LogP) is 1.40. The number of rotatable bonds is 3. The molecule has 1 aliphatic heterocycles. The maximum absolute atomic E-state index is 13.7. The number of halogens is 1. The number of aromatic amines is 1. The molecule has 0 saturated carbocycles. The molecule has 3 aromatic rings. The lowest BCUT2D eigenvalue weighted by Crippen LogP contribution is -2.38. The largest absolute Gasteiger partial charge is 0.368 e. The molecule has 1 aromatic carbocycles. The van der Waals surface area contributed by atoms with E-state index in [4.69, 9.17) is 4.74 Å². The Morgan fingerprint density at radius 3 is 3.13 bits per heavy atom. The smallest absolute Gasteiger partial charge is 0.163 e. The number of ether oxygens (including phenoxy) is 1. The molecule has 0 amide bonds. The monoisotopic (exact) mass is 316 g/mol. The summed E-state index contributed by atoms with van der Waals surface area (Å²) >= 11 is 0. The van der Waals surface area contributed by atoms with Crippen LogP contribution in [-0.4, -0.2) is 49.3 Å². The van der Waals surface area contributed by atoms with Gasteiger partial charge in [-0.25, -0.2) is 9.37 Å². The molecule has 1 saturated heterocycles. The summed E-state index contributed by atoms with van der Waals surface area (Å²) in [6.07, 6.45) is 1.55. The van der Waals surface area contributed by atoms with Gasteiger partial charge in [0.2, 0.25) is 0 Å². The minimum atomic E-state index is -0.302. The first kappa shape index (κ1) is 14.3. The Kier molecular flexibility index (Phi) is 3.55. The highest BCUT2D eigenvalue weighted by molar-refractivity contribution is 5.75. The lowest BCUT2D eigenvalue weighted by atomic mass is 10.2. The van der Waals surface area contributed by atoms with Gasteiger partial charge >= 0.3 is 0 Å². The summed E-state index contributed by atoms with van der Waals surface area (Å²) in [7, 11) is 1.90. The minimum Gasteiger partial charge on any atom is -0.368 e. The average molecular weight is 316 g/mol. The number of hydrogen-bond acceptors (Lipinski definition) is 5. The zero-order valence-corrected chi connectivity index (χ0v) is 12.7. The molecule has 0 radical (unpaired) electrons. The summed E-state index contributed by atoms with van der Waals surface area (Å²) in [5.41, 5.74) is 1.11. The van der Waals surface area contributed by atoms with Crippen molar-refractivity contribution in [2.45, 2.75) is 12.6 Å². The van der Waals surface area contributed by atoms with E-state index in [0.29, 0.717) is 25.2 Å². The van der Waals surface area contributed by atoms with Crippen molar-refractivity contribution in [2.75, 3.05) is 19.7 Å². The van der Waals surface area contributed by atoms with Crippen molar-refractivity contribution in [1.82, 2.24) is 29.6 Å². The van der Waals surface area contributed by atoms with Crippen LogP contribution in [0.25, 0.3) is 11.0 Å². The predicted molar refractivity (Wildman–Crippen MR) is 81.0 cm³/mol. The van der Waals surface area contributed by atoms with Crippen molar-refractivity contribution in [3.05, 3.63) is 42.0 Å². The highest BCUT2D eigenvalue weighted by atomic mass is 19.1. The van der Waals surface area contributed by atoms with Crippen LogP contribution in [0.3, 0.4) is 0 Å². The van der Waals surface area contributed by atoms with Gasteiger partial charge < -0.3 is 14.3 Å². The Hall–Kier alpha value is -2.32. The van der Waals surface area contributed by atoms with Crippen LogP contribution in [-0.2, 0) is 18.3 Å². The second-order valence-corrected chi connectivity index (χ2v) is 5.71. The number of hydrogen-bond donors (Lipinski definition) is 1. The van der Waals surface area contributed by atoms with E-state index in [1.54, 1.807) is 12.4 Å². The summed E-state index contributed by atoms with van der Waals surface area (Å²) in [5, 5.41) is 8.01. The zero-order valence-electron chi connectivity index (χ0n) is 12.7. The second kappa shape index (κ2) is 5.71. The summed E-state index contributed by atoms with van der Waals surface area (Å²) in [6, 6.07) is 4.93. The third-order valence-corrected chi connectivity index (χ3v) is 4.07. The molecule has 1 aliphatic rings. The number of aryl methyl sites for hydroxylation is 1. The van der Waals surface area contributed by atoms with Crippen LogP contribution in [0.15, 0.2) is 24.5 Å². The third kappa shape index (κ3) is 2.71. The average Bonchev–Trinajstić information content (AvgIpc) is 3.14. The normalized spacial score (nSPS) is 19.5. The number of nitrogens with zero attached hydrogens (tertiary/aromatic N) is 5. The fraction of sp³-hybridized carbons (Fsp3) is 0.400. The fourth-order valence-electron chi connectivity index (χ4n) is 2.92. The highest BCUT2D eigenvalue weighted by Gasteiger charge is 2.26. The Labute approximate surface area is 132 Å². The first-order chi connectivity index (χ1) is 11.2. The summed E-state index contributed by atoms with van der Waals surface area (Å²) < 4.78 is 21.4. The van der Waals surface area contributed by atoms with Crippen LogP contribution < -0.4 is 0 Å². The molecule has 8 heteroatoms. The SMILES string of the molecule is Cn1cnnc1[C@@H]1CN(Cc2nc3c(F)cccc3[nH]2)CCO1. The van der Waals surface area contributed by atoms with E-state index in [2.05, 4.69) is 25.1 Å². The minimum absolute atomic E-state index is 0.114. The van der Waals surface area contributed by atoms with Crippen LogP contribution in [0.1, 0.15) is 17.8 Å². The quantitative estimate of drug-likeness (QED) is 0.791. The van der Waals surface area contributed by atoms with Gasteiger partial charge in [-0.05, 0) is 12.1 Å². The molecule has 120 valence electrons. The van der Waals surface area contributed by atoms with Crippen LogP contribution in [0.5, 0.6) is 0 Å². The number of morpholine rings is 1. The van der Waals surface area contributed by atoms with Gasteiger partial charge in [0.15, 0.2) is 11.6 Å². The van der Waals surface area contributed by atoms with Gasteiger partial charge in [-0.15, -0.1) is 10.2 Å². The van der Waals surface area contributed by atoms with Gasteiger partial charge in [0.25, 0.3) is 0 Å². The van der Waals surface area contributed by atoms with E-state index in [9.17, 15) is 4.39 Å². The number of fused-ring (bicyclic) bond motifs is 1. The molecule has 7 nitrogen and oxygen atoms in total. The van der Waals surface area contributed by atoms with Gasteiger partial charge in [-0.3, -0.25) is 4.90 Å².